The van der Waals surface area contributed by atoms with E-state index >= 15 is 0 Å². The Morgan fingerprint density at radius 1 is 1.25 bits per heavy atom. The third kappa shape index (κ3) is 2.80. The van der Waals surface area contributed by atoms with E-state index < -0.39 is 0 Å². The molecule has 20 heavy (non-hydrogen) atoms. The van der Waals surface area contributed by atoms with E-state index in [4.69, 9.17) is 4.52 Å². The lowest BCUT2D eigenvalue weighted by molar-refractivity contribution is 0.369. The van der Waals surface area contributed by atoms with Crippen molar-refractivity contribution in [2.24, 2.45) is 0 Å². The van der Waals surface area contributed by atoms with Crippen LogP contribution in [0.3, 0.4) is 0 Å². The number of hydrogen-bond acceptors (Lipinski definition) is 4. The van der Waals surface area contributed by atoms with E-state index in [1.54, 1.807) is 0 Å². The van der Waals surface area contributed by atoms with Crippen molar-refractivity contribution in [2.75, 3.05) is 0 Å². The molecule has 5 nitrogen and oxygen atoms in total. The minimum Gasteiger partial charge on any atom is -0.339 e. The van der Waals surface area contributed by atoms with Crippen LogP contribution in [0.1, 0.15) is 11.6 Å². The SMILES string of the molecule is Cc1nn(CCc2nc(-c3ccccc3)no2)cc1Br. The molecule has 0 unspecified atom stereocenters. The third-order valence-corrected chi connectivity index (χ3v) is 3.72. The summed E-state index contributed by atoms with van der Waals surface area (Å²) in [6.45, 7) is 2.67. The molecule has 6 heteroatoms. The maximum absolute atomic E-state index is 5.26. The first-order valence-electron chi connectivity index (χ1n) is 6.30. The molecular weight excluding hydrogens is 320 g/mol. The van der Waals surface area contributed by atoms with E-state index in [2.05, 4.69) is 31.2 Å². The largest absolute Gasteiger partial charge is 0.339 e. The van der Waals surface area contributed by atoms with Crippen LogP contribution in [0, 0.1) is 6.92 Å². The molecule has 2 heterocycles. The van der Waals surface area contributed by atoms with Crippen molar-refractivity contribution in [3.05, 3.63) is 52.6 Å². The summed E-state index contributed by atoms with van der Waals surface area (Å²) in [5, 5.41) is 8.37. The van der Waals surface area contributed by atoms with Crippen molar-refractivity contribution in [1.82, 2.24) is 19.9 Å². The van der Waals surface area contributed by atoms with Crippen LogP contribution in [0.2, 0.25) is 0 Å². The van der Waals surface area contributed by atoms with Gasteiger partial charge in [-0.2, -0.15) is 10.1 Å². The molecule has 0 amide bonds. The molecular formula is C14H13BrN4O. The minimum atomic E-state index is 0.619. The summed E-state index contributed by atoms with van der Waals surface area (Å²) in [7, 11) is 0. The van der Waals surface area contributed by atoms with Crippen LogP contribution in [0.5, 0.6) is 0 Å². The zero-order chi connectivity index (χ0) is 13.9. The second kappa shape index (κ2) is 5.58. The number of hydrogen-bond donors (Lipinski definition) is 0. The van der Waals surface area contributed by atoms with Gasteiger partial charge in [-0.3, -0.25) is 4.68 Å². The molecule has 3 aromatic rings. The molecule has 0 saturated carbocycles. The van der Waals surface area contributed by atoms with Crippen molar-refractivity contribution in [2.45, 2.75) is 19.9 Å². The predicted octanol–water partition coefficient (Wildman–Crippen LogP) is 3.25. The highest BCUT2D eigenvalue weighted by molar-refractivity contribution is 9.10. The molecule has 0 radical (unpaired) electrons. The third-order valence-electron chi connectivity index (χ3n) is 2.94. The molecule has 0 bridgehead atoms. The van der Waals surface area contributed by atoms with E-state index in [1.807, 2.05) is 48.1 Å². The normalized spacial score (nSPS) is 10.9. The van der Waals surface area contributed by atoms with Gasteiger partial charge in [0.25, 0.3) is 0 Å². The van der Waals surface area contributed by atoms with Crippen LogP contribution in [0.15, 0.2) is 45.5 Å². The Hall–Kier alpha value is -1.95. The molecule has 0 aliphatic heterocycles. The lowest BCUT2D eigenvalue weighted by Crippen LogP contribution is -2.02. The summed E-state index contributed by atoms with van der Waals surface area (Å²) >= 11 is 3.44. The fraction of sp³-hybridized carbons (Fsp3) is 0.214. The fourth-order valence-electron chi connectivity index (χ4n) is 1.88. The van der Waals surface area contributed by atoms with E-state index in [1.165, 1.54) is 0 Å². The highest BCUT2D eigenvalue weighted by Crippen LogP contribution is 2.16. The average molecular weight is 333 g/mol. The summed E-state index contributed by atoms with van der Waals surface area (Å²) in [6, 6.07) is 9.79. The highest BCUT2D eigenvalue weighted by atomic mass is 79.9. The summed E-state index contributed by atoms with van der Waals surface area (Å²) in [4.78, 5) is 4.39. The second-order valence-electron chi connectivity index (χ2n) is 4.45. The van der Waals surface area contributed by atoms with Crippen LogP contribution >= 0.6 is 15.9 Å². The van der Waals surface area contributed by atoms with Crippen molar-refractivity contribution in [1.29, 1.82) is 0 Å². The van der Waals surface area contributed by atoms with E-state index in [9.17, 15) is 0 Å². The van der Waals surface area contributed by atoms with Gasteiger partial charge in [0.05, 0.1) is 10.2 Å². The number of nitrogens with zero attached hydrogens (tertiary/aromatic N) is 4. The van der Waals surface area contributed by atoms with Crippen LogP contribution in [-0.2, 0) is 13.0 Å². The second-order valence-corrected chi connectivity index (χ2v) is 5.31. The van der Waals surface area contributed by atoms with Crippen LogP contribution in [-0.4, -0.2) is 19.9 Å². The predicted molar refractivity (Wildman–Crippen MR) is 78.1 cm³/mol. The van der Waals surface area contributed by atoms with Crippen molar-refractivity contribution < 1.29 is 4.52 Å². The summed E-state index contributed by atoms with van der Waals surface area (Å²) in [5.74, 6) is 1.24. The first-order chi connectivity index (χ1) is 9.72. The molecule has 0 aliphatic carbocycles. The molecule has 1 aromatic carbocycles. The summed E-state index contributed by atoms with van der Waals surface area (Å²) in [6.07, 6.45) is 2.61. The van der Waals surface area contributed by atoms with Crippen molar-refractivity contribution >= 4 is 15.9 Å². The lowest BCUT2D eigenvalue weighted by Gasteiger charge is -1.96. The lowest BCUT2D eigenvalue weighted by atomic mass is 10.2. The molecule has 0 N–H and O–H groups in total. The smallest absolute Gasteiger partial charge is 0.228 e. The van der Waals surface area contributed by atoms with Gasteiger partial charge < -0.3 is 4.52 Å². The standard InChI is InChI=1S/C14H13BrN4O/c1-10-12(15)9-19(17-10)8-7-13-16-14(18-20-13)11-5-3-2-4-6-11/h2-6,9H,7-8H2,1H3. The Kier molecular flexibility index (Phi) is 3.64. The molecule has 2 aromatic heterocycles. The molecule has 102 valence electrons. The average Bonchev–Trinajstić information content (AvgIpc) is 3.05. The van der Waals surface area contributed by atoms with Gasteiger partial charge in [0.2, 0.25) is 11.7 Å². The molecule has 0 spiro atoms. The van der Waals surface area contributed by atoms with Gasteiger partial charge in [0, 0.05) is 24.7 Å². The number of benzene rings is 1. The monoisotopic (exact) mass is 332 g/mol. The van der Waals surface area contributed by atoms with Gasteiger partial charge in [-0.05, 0) is 22.9 Å². The first kappa shape index (κ1) is 13.1. The van der Waals surface area contributed by atoms with Gasteiger partial charge in [-0.25, -0.2) is 0 Å². The zero-order valence-electron chi connectivity index (χ0n) is 11.0. The Balaban J connectivity index is 1.69. The van der Waals surface area contributed by atoms with Crippen molar-refractivity contribution in [3.63, 3.8) is 0 Å². The summed E-state index contributed by atoms with van der Waals surface area (Å²) < 4.78 is 8.14. The minimum absolute atomic E-state index is 0.619. The summed E-state index contributed by atoms with van der Waals surface area (Å²) in [5.41, 5.74) is 1.93. The number of halogens is 1. The van der Waals surface area contributed by atoms with Gasteiger partial charge in [0.1, 0.15) is 0 Å². The van der Waals surface area contributed by atoms with E-state index in [0.717, 1.165) is 15.7 Å². The number of aromatic nitrogens is 4. The zero-order valence-corrected chi connectivity index (χ0v) is 12.5. The van der Waals surface area contributed by atoms with Crippen molar-refractivity contribution in [3.8, 4) is 11.4 Å². The van der Waals surface area contributed by atoms with E-state index in [0.29, 0.717) is 24.7 Å². The quantitative estimate of drug-likeness (QED) is 0.735. The molecule has 3 rings (SSSR count). The highest BCUT2D eigenvalue weighted by Gasteiger charge is 2.09. The number of aryl methyl sites for hydroxylation is 3. The van der Waals surface area contributed by atoms with Crippen LogP contribution in [0.25, 0.3) is 11.4 Å². The van der Waals surface area contributed by atoms with Gasteiger partial charge >= 0.3 is 0 Å². The molecule has 0 saturated heterocycles. The number of rotatable bonds is 4. The van der Waals surface area contributed by atoms with E-state index in [-0.39, 0.29) is 0 Å². The first-order valence-corrected chi connectivity index (χ1v) is 7.09. The molecule has 0 aliphatic rings. The van der Waals surface area contributed by atoms with Gasteiger partial charge in [-0.1, -0.05) is 35.5 Å². The Morgan fingerprint density at radius 3 is 2.75 bits per heavy atom. The fourth-order valence-corrected chi connectivity index (χ4v) is 2.19. The van der Waals surface area contributed by atoms with Gasteiger partial charge in [0.15, 0.2) is 0 Å². The Bertz CT molecular complexity index is 686. The topological polar surface area (TPSA) is 56.7 Å². The maximum Gasteiger partial charge on any atom is 0.228 e. The Labute approximate surface area is 124 Å². The molecule has 0 fully saturated rings. The van der Waals surface area contributed by atoms with Crippen LogP contribution < -0.4 is 0 Å². The Morgan fingerprint density at radius 2 is 2.05 bits per heavy atom. The van der Waals surface area contributed by atoms with Gasteiger partial charge in [-0.15, -0.1) is 0 Å². The maximum atomic E-state index is 5.26. The molecule has 0 atom stereocenters. The van der Waals surface area contributed by atoms with Crippen LogP contribution in [0.4, 0.5) is 0 Å².